The molecule has 1 radical (unpaired) electrons. The van der Waals surface area contributed by atoms with Gasteiger partial charge in [-0.15, -0.1) is 23.1 Å². The fourth-order valence-corrected chi connectivity index (χ4v) is 3.97. The molecule has 0 saturated carbocycles. The van der Waals surface area contributed by atoms with Gasteiger partial charge in [-0.2, -0.15) is 0 Å². The van der Waals surface area contributed by atoms with Crippen molar-refractivity contribution in [2.24, 2.45) is 0 Å². The molecule has 87 valence electrons. The largest absolute Gasteiger partial charge is 0.496 e. The van der Waals surface area contributed by atoms with Crippen molar-refractivity contribution in [2.75, 3.05) is 7.11 Å². The van der Waals surface area contributed by atoms with Crippen LogP contribution in [0.25, 0.3) is 0 Å². The van der Waals surface area contributed by atoms with Crippen LogP contribution >= 0.6 is 23.1 Å². The molecule has 1 aliphatic rings. The van der Waals surface area contributed by atoms with Gasteiger partial charge in [0.05, 0.1) is 17.6 Å². The SMILES string of the molecule is COc1cccc2c1C(=O)c1sccc1CS2.[Li]. The first kappa shape index (κ1) is 13.8. The van der Waals surface area contributed by atoms with Crippen molar-refractivity contribution in [3.8, 4) is 5.75 Å². The Labute approximate surface area is 126 Å². The van der Waals surface area contributed by atoms with Gasteiger partial charge < -0.3 is 4.74 Å². The summed E-state index contributed by atoms with van der Waals surface area (Å²) < 4.78 is 5.30. The first-order valence-corrected chi connectivity index (χ1v) is 7.08. The van der Waals surface area contributed by atoms with Crippen LogP contribution in [0.3, 0.4) is 0 Å². The number of benzene rings is 1. The van der Waals surface area contributed by atoms with Crippen molar-refractivity contribution < 1.29 is 9.53 Å². The van der Waals surface area contributed by atoms with E-state index in [0.29, 0.717) is 11.3 Å². The summed E-state index contributed by atoms with van der Waals surface area (Å²) in [6, 6.07) is 7.79. The first-order valence-electron chi connectivity index (χ1n) is 5.22. The van der Waals surface area contributed by atoms with Crippen LogP contribution in [0, 0.1) is 0 Å². The molecular weight excluding hydrogens is 259 g/mol. The van der Waals surface area contributed by atoms with Gasteiger partial charge in [0.1, 0.15) is 5.75 Å². The van der Waals surface area contributed by atoms with Gasteiger partial charge in [-0.25, -0.2) is 0 Å². The molecule has 1 aromatic heterocycles. The van der Waals surface area contributed by atoms with E-state index in [-0.39, 0.29) is 24.6 Å². The smallest absolute Gasteiger partial charge is 0.208 e. The minimum absolute atomic E-state index is 0. The van der Waals surface area contributed by atoms with Crippen LogP contribution in [0.15, 0.2) is 34.5 Å². The Morgan fingerprint density at radius 1 is 1.28 bits per heavy atom. The number of thioether (sulfide) groups is 1. The molecular formula is C13H10LiO2S2. The van der Waals surface area contributed by atoms with Gasteiger partial charge in [-0.1, -0.05) is 6.07 Å². The number of ether oxygens (including phenoxy) is 1. The summed E-state index contributed by atoms with van der Waals surface area (Å²) in [7, 11) is 1.60. The zero-order valence-corrected chi connectivity index (χ0v) is 11.9. The van der Waals surface area contributed by atoms with E-state index in [1.807, 2.05) is 29.6 Å². The molecule has 3 rings (SSSR count). The first-order chi connectivity index (χ1) is 8.31. The van der Waals surface area contributed by atoms with E-state index in [2.05, 4.69) is 0 Å². The Balaban J connectivity index is 0.00000120. The van der Waals surface area contributed by atoms with Crippen molar-refractivity contribution in [3.05, 3.63) is 45.6 Å². The number of ketones is 1. The van der Waals surface area contributed by atoms with Gasteiger partial charge in [0.2, 0.25) is 5.78 Å². The van der Waals surface area contributed by atoms with Crippen LogP contribution in [0.2, 0.25) is 0 Å². The molecule has 0 aliphatic carbocycles. The van der Waals surface area contributed by atoms with Gasteiger partial charge in [-0.3, -0.25) is 4.79 Å². The number of hydrogen-bond acceptors (Lipinski definition) is 4. The molecule has 2 aromatic rings. The second-order valence-electron chi connectivity index (χ2n) is 3.73. The predicted octanol–water partition coefficient (Wildman–Crippen LogP) is 3.21. The number of methoxy groups -OCH3 is 1. The molecule has 0 saturated heterocycles. The second kappa shape index (κ2) is 5.54. The Hall–Kier alpha value is -0.663. The Kier molecular flexibility index (Phi) is 4.24. The van der Waals surface area contributed by atoms with Gasteiger partial charge >= 0.3 is 0 Å². The Morgan fingerprint density at radius 3 is 2.89 bits per heavy atom. The monoisotopic (exact) mass is 269 g/mol. The average molecular weight is 269 g/mol. The predicted molar refractivity (Wildman–Crippen MR) is 76.1 cm³/mol. The van der Waals surface area contributed by atoms with E-state index < -0.39 is 0 Å². The molecule has 0 spiro atoms. The van der Waals surface area contributed by atoms with E-state index in [4.69, 9.17) is 4.74 Å². The van der Waals surface area contributed by atoms with Crippen LogP contribution in [-0.2, 0) is 5.75 Å². The third kappa shape index (κ3) is 2.15. The molecule has 18 heavy (non-hydrogen) atoms. The fourth-order valence-electron chi connectivity index (χ4n) is 1.94. The minimum atomic E-state index is 0. The summed E-state index contributed by atoms with van der Waals surface area (Å²) in [5.41, 5.74) is 1.84. The summed E-state index contributed by atoms with van der Waals surface area (Å²) >= 11 is 3.21. The van der Waals surface area contributed by atoms with Gasteiger partial charge in [0.25, 0.3) is 0 Å². The molecule has 1 aliphatic heterocycles. The topological polar surface area (TPSA) is 26.3 Å². The molecule has 5 heteroatoms. The van der Waals surface area contributed by atoms with Crippen molar-refractivity contribution in [3.63, 3.8) is 0 Å². The number of fused-ring (bicyclic) bond motifs is 2. The summed E-state index contributed by atoms with van der Waals surface area (Å²) in [6.45, 7) is 0. The number of carbonyl (C=O) groups excluding carboxylic acids is 1. The summed E-state index contributed by atoms with van der Waals surface area (Å²) in [4.78, 5) is 14.3. The third-order valence-corrected chi connectivity index (χ3v) is 4.83. The summed E-state index contributed by atoms with van der Waals surface area (Å²) in [5, 5.41) is 1.98. The van der Waals surface area contributed by atoms with E-state index in [1.165, 1.54) is 11.3 Å². The number of carbonyl (C=O) groups is 1. The maximum atomic E-state index is 12.5. The molecule has 0 bridgehead atoms. The zero-order valence-electron chi connectivity index (χ0n) is 10.2. The third-order valence-electron chi connectivity index (χ3n) is 2.77. The van der Waals surface area contributed by atoms with Crippen molar-refractivity contribution in [2.45, 2.75) is 10.6 Å². The number of rotatable bonds is 1. The van der Waals surface area contributed by atoms with Gasteiger partial charge in [-0.05, 0) is 29.1 Å². The van der Waals surface area contributed by atoms with Gasteiger partial charge in [0, 0.05) is 29.5 Å². The fraction of sp³-hybridized carbons (Fsp3) is 0.154. The molecule has 1 aromatic carbocycles. The minimum Gasteiger partial charge on any atom is -0.496 e. The summed E-state index contributed by atoms with van der Waals surface area (Å²) in [6.07, 6.45) is 0. The Bertz CT molecular complexity index is 592. The normalized spacial score (nSPS) is 13.1. The maximum absolute atomic E-state index is 12.5. The van der Waals surface area contributed by atoms with Crippen LogP contribution in [0.5, 0.6) is 5.75 Å². The molecule has 0 fully saturated rings. The molecule has 2 nitrogen and oxygen atoms in total. The standard InChI is InChI=1S/C13H10O2S2.Li/c1-15-9-3-2-4-10-11(9)12(14)13-8(7-17-10)5-6-16-13;/h2-6H,7H2,1H3;. The number of thiophene rings is 1. The number of hydrogen-bond donors (Lipinski definition) is 0. The van der Waals surface area contributed by atoms with E-state index in [9.17, 15) is 4.79 Å². The van der Waals surface area contributed by atoms with E-state index in [0.717, 1.165) is 21.1 Å². The average Bonchev–Trinajstić information content (AvgIpc) is 2.78. The van der Waals surface area contributed by atoms with E-state index in [1.54, 1.807) is 18.9 Å². The van der Waals surface area contributed by atoms with Crippen LogP contribution < -0.4 is 4.74 Å². The molecule has 0 amide bonds. The van der Waals surface area contributed by atoms with Crippen LogP contribution in [0.4, 0.5) is 0 Å². The second-order valence-corrected chi connectivity index (χ2v) is 5.66. The Morgan fingerprint density at radius 2 is 2.11 bits per heavy atom. The van der Waals surface area contributed by atoms with Crippen LogP contribution in [-0.4, -0.2) is 31.8 Å². The van der Waals surface area contributed by atoms with E-state index >= 15 is 0 Å². The summed E-state index contributed by atoms with van der Waals surface area (Å²) in [5.74, 6) is 1.61. The zero-order chi connectivity index (χ0) is 11.8. The van der Waals surface area contributed by atoms with Crippen molar-refractivity contribution in [1.29, 1.82) is 0 Å². The van der Waals surface area contributed by atoms with Crippen molar-refractivity contribution >= 4 is 47.7 Å². The molecule has 2 heterocycles. The molecule has 0 unspecified atom stereocenters. The van der Waals surface area contributed by atoms with Crippen LogP contribution in [0.1, 0.15) is 20.8 Å². The van der Waals surface area contributed by atoms with Gasteiger partial charge in [0.15, 0.2) is 0 Å². The van der Waals surface area contributed by atoms with Crippen molar-refractivity contribution in [1.82, 2.24) is 0 Å². The molecule has 0 atom stereocenters. The molecule has 0 N–H and O–H groups in total. The quantitative estimate of drug-likeness (QED) is 0.744. The maximum Gasteiger partial charge on any atom is 0.208 e.